The second kappa shape index (κ2) is 7.60. The molecule has 82 valence electrons. The van der Waals surface area contributed by atoms with E-state index in [1.165, 1.54) is 19.8 Å². The molecule has 2 nitrogen and oxygen atoms in total. The van der Waals surface area contributed by atoms with Crippen LogP contribution in [0.4, 0.5) is 0 Å². The lowest BCUT2D eigenvalue weighted by atomic mass is 9.99. The molecule has 2 heteroatoms. The zero-order chi connectivity index (χ0) is 11.0. The Labute approximate surface area is 87.3 Å². The monoisotopic (exact) mass is 198 g/mol. The van der Waals surface area contributed by atoms with Crippen LogP contribution in [0.5, 0.6) is 0 Å². The molecule has 0 saturated carbocycles. The van der Waals surface area contributed by atoms with Gasteiger partial charge in [-0.05, 0) is 24.7 Å². The summed E-state index contributed by atoms with van der Waals surface area (Å²) in [6.45, 7) is 10.0. The van der Waals surface area contributed by atoms with E-state index in [-0.39, 0.29) is 5.97 Å². The summed E-state index contributed by atoms with van der Waals surface area (Å²) in [5, 5.41) is 0. The Morgan fingerprint density at radius 1 is 1.43 bits per heavy atom. The predicted molar refractivity (Wildman–Crippen MR) is 59.0 cm³/mol. The maximum absolute atomic E-state index is 10.5. The number of hydrogen-bond donors (Lipinski definition) is 0. The second-order valence-corrected chi connectivity index (χ2v) is 4.05. The van der Waals surface area contributed by atoms with Crippen LogP contribution in [-0.4, -0.2) is 12.6 Å². The van der Waals surface area contributed by atoms with Crippen molar-refractivity contribution >= 4 is 5.97 Å². The topological polar surface area (TPSA) is 26.3 Å². The molecule has 14 heavy (non-hydrogen) atoms. The lowest BCUT2D eigenvalue weighted by Gasteiger charge is -2.11. The molecule has 0 radical (unpaired) electrons. The zero-order valence-electron chi connectivity index (χ0n) is 9.58. The molecule has 0 N–H and O–H groups in total. The van der Waals surface area contributed by atoms with Crippen molar-refractivity contribution in [1.82, 2.24) is 0 Å². The van der Waals surface area contributed by atoms with Crippen LogP contribution >= 0.6 is 0 Å². The van der Waals surface area contributed by atoms with Crippen LogP contribution in [0.2, 0.25) is 0 Å². The van der Waals surface area contributed by atoms with Gasteiger partial charge in [0.15, 0.2) is 0 Å². The third kappa shape index (κ3) is 7.84. The SMILES string of the molecule is C=C[C@@H](C)CCC[C@@H](C)COC(C)=O. The van der Waals surface area contributed by atoms with Gasteiger partial charge < -0.3 is 4.74 Å². The maximum Gasteiger partial charge on any atom is 0.302 e. The molecular weight excluding hydrogens is 176 g/mol. The summed E-state index contributed by atoms with van der Waals surface area (Å²) in [4.78, 5) is 10.5. The van der Waals surface area contributed by atoms with E-state index in [9.17, 15) is 4.79 Å². The van der Waals surface area contributed by atoms with Crippen molar-refractivity contribution in [3.63, 3.8) is 0 Å². The largest absolute Gasteiger partial charge is 0.466 e. The number of rotatable bonds is 7. The predicted octanol–water partition coefficient (Wildman–Crippen LogP) is 3.18. The molecule has 0 bridgehead atoms. The van der Waals surface area contributed by atoms with Gasteiger partial charge in [-0.25, -0.2) is 0 Å². The minimum atomic E-state index is -0.184. The standard InChI is InChI=1S/C12H22O2/c1-5-10(2)7-6-8-11(3)9-14-12(4)13/h5,10-11H,1,6-9H2,2-4H3/t10-,11-/m1/s1. The summed E-state index contributed by atoms with van der Waals surface area (Å²) < 4.78 is 4.93. The third-order valence-electron chi connectivity index (χ3n) is 2.33. The molecule has 2 atom stereocenters. The van der Waals surface area contributed by atoms with Gasteiger partial charge in [-0.3, -0.25) is 4.79 Å². The Bertz CT molecular complexity index is 175. The van der Waals surface area contributed by atoms with Crippen molar-refractivity contribution in [2.75, 3.05) is 6.61 Å². The molecule has 0 fully saturated rings. The molecule has 0 aromatic rings. The van der Waals surface area contributed by atoms with E-state index in [4.69, 9.17) is 4.74 Å². The number of carbonyl (C=O) groups is 1. The molecule has 0 heterocycles. The highest BCUT2D eigenvalue weighted by Gasteiger charge is 2.05. The van der Waals surface area contributed by atoms with Gasteiger partial charge in [-0.15, -0.1) is 6.58 Å². The number of ether oxygens (including phenoxy) is 1. The van der Waals surface area contributed by atoms with Gasteiger partial charge in [0, 0.05) is 6.92 Å². The lowest BCUT2D eigenvalue weighted by molar-refractivity contribution is -0.142. The molecular formula is C12H22O2. The normalized spacial score (nSPS) is 14.5. The minimum absolute atomic E-state index is 0.184. The van der Waals surface area contributed by atoms with Gasteiger partial charge in [0.05, 0.1) is 6.61 Å². The van der Waals surface area contributed by atoms with Gasteiger partial charge in [0.25, 0.3) is 0 Å². The molecule has 0 aliphatic carbocycles. The zero-order valence-corrected chi connectivity index (χ0v) is 9.58. The first-order valence-corrected chi connectivity index (χ1v) is 5.32. The summed E-state index contributed by atoms with van der Waals surface area (Å²) in [5.74, 6) is 0.878. The first kappa shape index (κ1) is 13.2. The van der Waals surface area contributed by atoms with E-state index in [1.807, 2.05) is 6.08 Å². The molecule has 0 amide bonds. The first-order chi connectivity index (χ1) is 6.56. The fourth-order valence-corrected chi connectivity index (χ4v) is 1.25. The summed E-state index contributed by atoms with van der Waals surface area (Å²) in [5.41, 5.74) is 0. The van der Waals surface area contributed by atoms with E-state index in [2.05, 4.69) is 20.4 Å². The van der Waals surface area contributed by atoms with E-state index < -0.39 is 0 Å². The Kier molecular flexibility index (Phi) is 7.17. The molecule has 0 aliphatic heterocycles. The van der Waals surface area contributed by atoms with Crippen LogP contribution < -0.4 is 0 Å². The quantitative estimate of drug-likeness (QED) is 0.464. The lowest BCUT2D eigenvalue weighted by Crippen LogP contribution is -2.09. The van der Waals surface area contributed by atoms with Crippen molar-refractivity contribution in [3.8, 4) is 0 Å². The summed E-state index contributed by atoms with van der Waals surface area (Å²) >= 11 is 0. The molecule has 0 spiro atoms. The van der Waals surface area contributed by atoms with Crippen LogP contribution in [0.25, 0.3) is 0 Å². The van der Waals surface area contributed by atoms with Crippen molar-refractivity contribution < 1.29 is 9.53 Å². The van der Waals surface area contributed by atoms with Gasteiger partial charge in [0.1, 0.15) is 0 Å². The molecule has 0 rings (SSSR count). The van der Waals surface area contributed by atoms with Crippen molar-refractivity contribution in [3.05, 3.63) is 12.7 Å². The Morgan fingerprint density at radius 2 is 2.07 bits per heavy atom. The van der Waals surface area contributed by atoms with Crippen molar-refractivity contribution in [2.24, 2.45) is 11.8 Å². The van der Waals surface area contributed by atoms with E-state index in [0.29, 0.717) is 18.4 Å². The van der Waals surface area contributed by atoms with E-state index in [0.717, 1.165) is 6.42 Å². The highest BCUT2D eigenvalue weighted by molar-refractivity contribution is 5.65. The molecule has 0 saturated heterocycles. The highest BCUT2D eigenvalue weighted by atomic mass is 16.5. The number of esters is 1. The maximum atomic E-state index is 10.5. The number of carbonyl (C=O) groups excluding carboxylic acids is 1. The molecule has 0 aromatic carbocycles. The Hall–Kier alpha value is -0.790. The fraction of sp³-hybridized carbons (Fsp3) is 0.750. The van der Waals surface area contributed by atoms with Crippen LogP contribution in [0.3, 0.4) is 0 Å². The first-order valence-electron chi connectivity index (χ1n) is 5.32. The van der Waals surface area contributed by atoms with Gasteiger partial charge in [-0.2, -0.15) is 0 Å². The second-order valence-electron chi connectivity index (χ2n) is 4.05. The van der Waals surface area contributed by atoms with Crippen LogP contribution in [0.1, 0.15) is 40.0 Å². The van der Waals surface area contributed by atoms with Crippen LogP contribution in [0.15, 0.2) is 12.7 Å². The van der Waals surface area contributed by atoms with Gasteiger partial charge >= 0.3 is 5.97 Å². The molecule has 0 aliphatic rings. The molecule has 0 unspecified atom stereocenters. The smallest absolute Gasteiger partial charge is 0.302 e. The fourth-order valence-electron chi connectivity index (χ4n) is 1.25. The Morgan fingerprint density at radius 3 is 2.57 bits per heavy atom. The minimum Gasteiger partial charge on any atom is -0.466 e. The van der Waals surface area contributed by atoms with E-state index in [1.54, 1.807) is 0 Å². The summed E-state index contributed by atoms with van der Waals surface area (Å²) in [7, 11) is 0. The summed E-state index contributed by atoms with van der Waals surface area (Å²) in [6, 6.07) is 0. The number of allylic oxidation sites excluding steroid dienone is 1. The highest BCUT2D eigenvalue weighted by Crippen LogP contribution is 2.13. The summed E-state index contributed by atoms with van der Waals surface area (Å²) in [6.07, 6.45) is 5.45. The molecule has 0 aromatic heterocycles. The van der Waals surface area contributed by atoms with Gasteiger partial charge in [0.2, 0.25) is 0 Å². The van der Waals surface area contributed by atoms with Gasteiger partial charge in [-0.1, -0.05) is 26.3 Å². The average molecular weight is 198 g/mol. The van der Waals surface area contributed by atoms with Crippen molar-refractivity contribution in [1.29, 1.82) is 0 Å². The third-order valence-corrected chi connectivity index (χ3v) is 2.33. The van der Waals surface area contributed by atoms with Crippen LogP contribution in [0, 0.1) is 11.8 Å². The number of hydrogen-bond acceptors (Lipinski definition) is 2. The van der Waals surface area contributed by atoms with E-state index >= 15 is 0 Å². The van der Waals surface area contributed by atoms with Crippen LogP contribution in [-0.2, 0) is 9.53 Å². The van der Waals surface area contributed by atoms with Crippen molar-refractivity contribution in [2.45, 2.75) is 40.0 Å². The average Bonchev–Trinajstić information content (AvgIpc) is 2.14. The Balaban J connectivity index is 3.39.